The van der Waals surface area contributed by atoms with Gasteiger partial charge in [0.25, 0.3) is 5.56 Å². The van der Waals surface area contributed by atoms with Crippen LogP contribution in [-0.2, 0) is 7.05 Å². The molecule has 1 unspecified atom stereocenters. The minimum atomic E-state index is -0.0132. The summed E-state index contributed by atoms with van der Waals surface area (Å²) in [4.78, 5) is 12.0. The summed E-state index contributed by atoms with van der Waals surface area (Å²) in [5.41, 5.74) is 7.57. The summed E-state index contributed by atoms with van der Waals surface area (Å²) in [6.45, 7) is 4.78. The molecule has 0 spiro atoms. The SMILES string of the molecule is CC(C)C(CN)Nc1cc(=O)n(C)c2ccccc12. The second kappa shape index (κ2) is 5.45. The Hall–Kier alpha value is -1.81. The van der Waals surface area contributed by atoms with Gasteiger partial charge in [0, 0.05) is 36.8 Å². The van der Waals surface area contributed by atoms with Crippen molar-refractivity contribution < 1.29 is 0 Å². The molecule has 0 aliphatic carbocycles. The van der Waals surface area contributed by atoms with Gasteiger partial charge in [0.2, 0.25) is 0 Å². The average Bonchev–Trinajstić information content (AvgIpc) is 2.41. The number of aryl methyl sites for hydroxylation is 1. The van der Waals surface area contributed by atoms with Gasteiger partial charge < -0.3 is 15.6 Å². The van der Waals surface area contributed by atoms with Gasteiger partial charge in [-0.05, 0) is 12.0 Å². The topological polar surface area (TPSA) is 60.0 Å². The number of rotatable bonds is 4. The van der Waals surface area contributed by atoms with Crippen molar-refractivity contribution in [1.82, 2.24) is 4.57 Å². The summed E-state index contributed by atoms with van der Waals surface area (Å²) < 4.78 is 1.66. The molecule has 4 nitrogen and oxygen atoms in total. The van der Waals surface area contributed by atoms with Crippen molar-refractivity contribution in [2.75, 3.05) is 11.9 Å². The van der Waals surface area contributed by atoms with E-state index in [4.69, 9.17) is 5.73 Å². The molecule has 1 heterocycles. The van der Waals surface area contributed by atoms with Crippen LogP contribution in [0.15, 0.2) is 35.1 Å². The number of hydrogen-bond acceptors (Lipinski definition) is 3. The standard InChI is InChI=1S/C15H21N3O/c1-10(2)13(9-16)17-12-8-15(19)18(3)14-7-5-4-6-11(12)14/h4-8,10,13,17H,9,16H2,1-3H3. The molecule has 1 aromatic heterocycles. The highest BCUT2D eigenvalue weighted by molar-refractivity contribution is 5.91. The molecule has 19 heavy (non-hydrogen) atoms. The molecule has 0 saturated carbocycles. The van der Waals surface area contributed by atoms with E-state index in [0.29, 0.717) is 12.5 Å². The molecular weight excluding hydrogens is 238 g/mol. The summed E-state index contributed by atoms with van der Waals surface area (Å²) in [6, 6.07) is 9.70. The van der Waals surface area contributed by atoms with Crippen molar-refractivity contribution in [3.8, 4) is 0 Å². The second-order valence-electron chi connectivity index (χ2n) is 5.20. The maximum Gasteiger partial charge on any atom is 0.252 e. The number of benzene rings is 1. The highest BCUT2D eigenvalue weighted by atomic mass is 16.1. The number of para-hydroxylation sites is 1. The van der Waals surface area contributed by atoms with Crippen molar-refractivity contribution in [3.05, 3.63) is 40.7 Å². The maximum atomic E-state index is 12.0. The van der Waals surface area contributed by atoms with Crippen LogP contribution in [0.1, 0.15) is 13.8 Å². The average molecular weight is 259 g/mol. The van der Waals surface area contributed by atoms with E-state index in [-0.39, 0.29) is 11.6 Å². The third-order valence-corrected chi connectivity index (χ3v) is 3.55. The van der Waals surface area contributed by atoms with Crippen molar-refractivity contribution in [1.29, 1.82) is 0 Å². The Morgan fingerprint density at radius 2 is 2.00 bits per heavy atom. The van der Waals surface area contributed by atoms with Crippen molar-refractivity contribution >= 4 is 16.6 Å². The van der Waals surface area contributed by atoms with Gasteiger partial charge in [0.05, 0.1) is 5.52 Å². The summed E-state index contributed by atoms with van der Waals surface area (Å²) >= 11 is 0. The Balaban J connectivity index is 2.55. The zero-order chi connectivity index (χ0) is 14.0. The fourth-order valence-electron chi connectivity index (χ4n) is 2.23. The summed E-state index contributed by atoms with van der Waals surface area (Å²) in [5.74, 6) is 0.410. The van der Waals surface area contributed by atoms with Gasteiger partial charge >= 0.3 is 0 Å². The molecule has 0 bridgehead atoms. The molecule has 1 aromatic carbocycles. The van der Waals surface area contributed by atoms with Crippen LogP contribution in [0.3, 0.4) is 0 Å². The highest BCUT2D eigenvalue weighted by Gasteiger charge is 2.13. The van der Waals surface area contributed by atoms with Crippen LogP contribution < -0.4 is 16.6 Å². The molecule has 102 valence electrons. The first-order chi connectivity index (χ1) is 9.04. The van der Waals surface area contributed by atoms with Crippen LogP contribution in [0.2, 0.25) is 0 Å². The molecule has 0 radical (unpaired) electrons. The summed E-state index contributed by atoms with van der Waals surface area (Å²) in [6.07, 6.45) is 0. The van der Waals surface area contributed by atoms with Crippen LogP contribution in [0.4, 0.5) is 5.69 Å². The molecule has 0 aliphatic rings. The summed E-state index contributed by atoms with van der Waals surface area (Å²) in [5, 5.41) is 4.45. The smallest absolute Gasteiger partial charge is 0.252 e. The van der Waals surface area contributed by atoms with E-state index in [1.54, 1.807) is 17.7 Å². The first kappa shape index (κ1) is 13.6. The van der Waals surface area contributed by atoms with Gasteiger partial charge in [-0.3, -0.25) is 4.79 Å². The number of hydrogen-bond donors (Lipinski definition) is 2. The number of pyridine rings is 1. The number of anilines is 1. The lowest BCUT2D eigenvalue weighted by Gasteiger charge is -2.23. The number of nitrogens with zero attached hydrogens (tertiary/aromatic N) is 1. The Kier molecular flexibility index (Phi) is 3.90. The monoisotopic (exact) mass is 259 g/mol. The van der Waals surface area contributed by atoms with E-state index in [1.807, 2.05) is 24.3 Å². The lowest BCUT2D eigenvalue weighted by molar-refractivity contribution is 0.532. The second-order valence-corrected chi connectivity index (χ2v) is 5.20. The van der Waals surface area contributed by atoms with Gasteiger partial charge in [-0.25, -0.2) is 0 Å². The minimum Gasteiger partial charge on any atom is -0.380 e. The van der Waals surface area contributed by atoms with Crippen LogP contribution >= 0.6 is 0 Å². The van der Waals surface area contributed by atoms with E-state index >= 15 is 0 Å². The maximum absolute atomic E-state index is 12.0. The van der Waals surface area contributed by atoms with E-state index < -0.39 is 0 Å². The molecule has 0 aliphatic heterocycles. The van der Waals surface area contributed by atoms with E-state index in [0.717, 1.165) is 16.6 Å². The van der Waals surface area contributed by atoms with Gasteiger partial charge in [-0.15, -0.1) is 0 Å². The van der Waals surface area contributed by atoms with Crippen LogP contribution in [0.5, 0.6) is 0 Å². The highest BCUT2D eigenvalue weighted by Crippen LogP contribution is 2.22. The van der Waals surface area contributed by atoms with Gasteiger partial charge in [-0.1, -0.05) is 32.0 Å². The van der Waals surface area contributed by atoms with Gasteiger partial charge in [-0.2, -0.15) is 0 Å². The normalized spacial score (nSPS) is 12.9. The molecule has 3 N–H and O–H groups in total. The zero-order valence-corrected chi connectivity index (χ0v) is 11.7. The molecular formula is C15H21N3O. The van der Waals surface area contributed by atoms with Crippen LogP contribution in [0, 0.1) is 5.92 Å². The van der Waals surface area contributed by atoms with Gasteiger partial charge in [0.1, 0.15) is 0 Å². The summed E-state index contributed by atoms with van der Waals surface area (Å²) in [7, 11) is 1.79. The van der Waals surface area contributed by atoms with Gasteiger partial charge in [0.15, 0.2) is 0 Å². The Labute approximate surface area is 113 Å². The van der Waals surface area contributed by atoms with Crippen molar-refractivity contribution in [2.45, 2.75) is 19.9 Å². The molecule has 0 amide bonds. The van der Waals surface area contributed by atoms with Crippen molar-refractivity contribution in [2.24, 2.45) is 18.7 Å². The van der Waals surface area contributed by atoms with Crippen LogP contribution in [0.25, 0.3) is 10.9 Å². The molecule has 2 rings (SSSR count). The number of aromatic nitrogens is 1. The molecule has 0 fully saturated rings. The third-order valence-electron chi connectivity index (χ3n) is 3.55. The Bertz CT molecular complexity index is 631. The fourth-order valence-corrected chi connectivity index (χ4v) is 2.23. The first-order valence-electron chi connectivity index (χ1n) is 6.60. The minimum absolute atomic E-state index is 0.0132. The van der Waals surface area contributed by atoms with E-state index in [1.165, 1.54) is 0 Å². The predicted octanol–water partition coefficient (Wildman–Crippen LogP) is 1.93. The lowest BCUT2D eigenvalue weighted by Crippen LogP contribution is -2.34. The fraction of sp³-hybridized carbons (Fsp3) is 0.400. The Morgan fingerprint density at radius 3 is 2.63 bits per heavy atom. The number of nitrogens with two attached hydrogens (primary N) is 1. The quantitative estimate of drug-likeness (QED) is 0.882. The molecule has 1 atom stereocenters. The number of fused-ring (bicyclic) bond motifs is 1. The van der Waals surface area contributed by atoms with E-state index in [9.17, 15) is 4.79 Å². The lowest BCUT2D eigenvalue weighted by atomic mass is 10.0. The first-order valence-corrected chi connectivity index (χ1v) is 6.60. The molecule has 2 aromatic rings. The predicted molar refractivity (Wildman–Crippen MR) is 80.5 cm³/mol. The van der Waals surface area contributed by atoms with Crippen molar-refractivity contribution in [3.63, 3.8) is 0 Å². The third kappa shape index (κ3) is 2.63. The largest absolute Gasteiger partial charge is 0.380 e. The number of nitrogens with one attached hydrogen (secondary N) is 1. The zero-order valence-electron chi connectivity index (χ0n) is 11.7. The molecule has 4 heteroatoms. The van der Waals surface area contributed by atoms with E-state index in [2.05, 4.69) is 19.2 Å². The van der Waals surface area contributed by atoms with Crippen LogP contribution in [-0.4, -0.2) is 17.2 Å². The molecule has 0 saturated heterocycles. The Morgan fingerprint density at radius 1 is 1.32 bits per heavy atom.